The lowest BCUT2D eigenvalue weighted by Crippen LogP contribution is -2.21. The van der Waals surface area contributed by atoms with Gasteiger partial charge in [0.05, 0.1) is 12.5 Å². The molecule has 1 aliphatic heterocycles. The second-order valence-electron chi connectivity index (χ2n) is 1.91. The van der Waals surface area contributed by atoms with Crippen molar-refractivity contribution in [1.82, 2.24) is 0 Å². The molecule has 0 bridgehead atoms. The summed E-state index contributed by atoms with van der Waals surface area (Å²) in [5.41, 5.74) is 0. The van der Waals surface area contributed by atoms with Gasteiger partial charge in [-0.05, 0) is 0 Å². The molecule has 1 unspecified atom stereocenters. The lowest BCUT2D eigenvalue weighted by molar-refractivity contribution is 0.103. The number of hydrogen-bond acceptors (Lipinski definition) is 3. The van der Waals surface area contributed by atoms with E-state index in [-0.39, 0.29) is 6.61 Å². The Morgan fingerprint density at radius 2 is 2.62 bits per heavy atom. The summed E-state index contributed by atoms with van der Waals surface area (Å²) < 4.78 is 5.08. The maximum atomic E-state index is 8.60. The third-order valence-corrected chi connectivity index (χ3v) is 2.17. The van der Waals surface area contributed by atoms with Crippen molar-refractivity contribution in [2.24, 2.45) is 5.92 Å². The topological polar surface area (TPSA) is 29.5 Å². The van der Waals surface area contributed by atoms with Gasteiger partial charge >= 0.3 is 0 Å². The Hall–Kier alpha value is 0.270. The van der Waals surface area contributed by atoms with Gasteiger partial charge in [0.2, 0.25) is 0 Å². The molecule has 8 heavy (non-hydrogen) atoms. The van der Waals surface area contributed by atoms with E-state index in [1.165, 1.54) is 0 Å². The van der Waals surface area contributed by atoms with Gasteiger partial charge in [-0.3, -0.25) is 0 Å². The molecule has 1 rings (SSSR count). The molecule has 3 heteroatoms. The Labute approximate surface area is 53.2 Å². The van der Waals surface area contributed by atoms with Crippen LogP contribution in [0.5, 0.6) is 0 Å². The Kier molecular flexibility index (Phi) is 2.66. The molecular weight excluding hydrogens is 124 g/mol. The fourth-order valence-corrected chi connectivity index (χ4v) is 1.49. The van der Waals surface area contributed by atoms with E-state index in [1.54, 1.807) is 11.8 Å². The highest BCUT2D eigenvalue weighted by Gasteiger charge is 2.11. The maximum absolute atomic E-state index is 8.60. The van der Waals surface area contributed by atoms with Gasteiger partial charge in [-0.25, -0.2) is 0 Å². The van der Waals surface area contributed by atoms with Gasteiger partial charge in [0.1, 0.15) is 0 Å². The summed E-state index contributed by atoms with van der Waals surface area (Å²) in [5.74, 6) is 2.24. The molecule has 0 aromatic heterocycles. The van der Waals surface area contributed by atoms with Crippen LogP contribution in [-0.4, -0.2) is 30.0 Å². The number of hydrogen-bond donors (Lipinski definition) is 1. The standard InChI is InChI=1S/C5H10O2S/c6-1-5-2-7-4-8-3-5/h5-6H,1-4H2. The second kappa shape index (κ2) is 3.33. The number of aliphatic hydroxyl groups excluding tert-OH is 1. The quantitative estimate of drug-likeness (QED) is 0.560. The number of thioether (sulfide) groups is 1. The molecule has 0 radical (unpaired) electrons. The molecule has 2 nitrogen and oxygen atoms in total. The fraction of sp³-hybridized carbons (Fsp3) is 1.00. The summed E-state index contributed by atoms with van der Waals surface area (Å²) in [7, 11) is 0. The molecule has 48 valence electrons. The van der Waals surface area contributed by atoms with E-state index in [9.17, 15) is 0 Å². The van der Waals surface area contributed by atoms with Gasteiger partial charge in [-0.2, -0.15) is 0 Å². The third kappa shape index (κ3) is 1.65. The summed E-state index contributed by atoms with van der Waals surface area (Å²) >= 11 is 1.75. The molecule has 0 aromatic rings. The lowest BCUT2D eigenvalue weighted by Gasteiger charge is -2.18. The van der Waals surface area contributed by atoms with Gasteiger partial charge in [0.15, 0.2) is 0 Å². The SMILES string of the molecule is OCC1COCSC1. The summed E-state index contributed by atoms with van der Waals surface area (Å²) in [4.78, 5) is 0. The zero-order chi connectivity index (χ0) is 5.82. The summed E-state index contributed by atoms with van der Waals surface area (Å²) in [6, 6.07) is 0. The molecule has 1 atom stereocenters. The van der Waals surface area contributed by atoms with Gasteiger partial charge in [-0.15, -0.1) is 11.8 Å². The van der Waals surface area contributed by atoms with Crippen molar-refractivity contribution in [3.05, 3.63) is 0 Å². The Bertz CT molecular complexity index is 61.4. The minimum absolute atomic E-state index is 0.271. The predicted molar refractivity (Wildman–Crippen MR) is 33.9 cm³/mol. The van der Waals surface area contributed by atoms with Crippen molar-refractivity contribution >= 4 is 11.8 Å². The molecule has 0 spiro atoms. The minimum Gasteiger partial charge on any atom is -0.396 e. The summed E-state index contributed by atoms with van der Waals surface area (Å²) in [6.45, 7) is 1.01. The Morgan fingerprint density at radius 1 is 1.75 bits per heavy atom. The molecule has 1 saturated heterocycles. The minimum atomic E-state index is 0.271. The summed E-state index contributed by atoms with van der Waals surface area (Å²) in [6.07, 6.45) is 0. The van der Waals surface area contributed by atoms with Crippen LogP contribution in [0.1, 0.15) is 0 Å². The van der Waals surface area contributed by atoms with E-state index in [1.807, 2.05) is 0 Å². The molecule has 0 aliphatic carbocycles. The van der Waals surface area contributed by atoms with E-state index >= 15 is 0 Å². The average molecular weight is 134 g/mol. The van der Waals surface area contributed by atoms with Crippen LogP contribution in [0, 0.1) is 5.92 Å². The highest BCUT2D eigenvalue weighted by molar-refractivity contribution is 7.99. The first-order valence-corrected chi connectivity index (χ1v) is 3.85. The fourth-order valence-electron chi connectivity index (χ4n) is 0.642. The first-order valence-electron chi connectivity index (χ1n) is 2.70. The molecule has 0 saturated carbocycles. The normalized spacial score (nSPS) is 30.4. The van der Waals surface area contributed by atoms with Crippen molar-refractivity contribution in [2.45, 2.75) is 0 Å². The van der Waals surface area contributed by atoms with E-state index in [0.29, 0.717) is 5.92 Å². The largest absolute Gasteiger partial charge is 0.396 e. The van der Waals surface area contributed by atoms with Crippen LogP contribution in [0.4, 0.5) is 0 Å². The van der Waals surface area contributed by atoms with Crippen molar-refractivity contribution in [3.8, 4) is 0 Å². The van der Waals surface area contributed by atoms with Crippen LogP contribution >= 0.6 is 11.8 Å². The van der Waals surface area contributed by atoms with E-state index in [0.717, 1.165) is 18.3 Å². The van der Waals surface area contributed by atoms with Crippen molar-refractivity contribution in [1.29, 1.82) is 0 Å². The molecule has 1 aliphatic rings. The third-order valence-electron chi connectivity index (χ3n) is 1.13. The van der Waals surface area contributed by atoms with Gasteiger partial charge < -0.3 is 9.84 Å². The van der Waals surface area contributed by atoms with Crippen molar-refractivity contribution < 1.29 is 9.84 Å². The first-order chi connectivity index (χ1) is 3.93. The molecule has 1 fully saturated rings. The molecule has 0 aromatic carbocycles. The number of aliphatic hydroxyl groups is 1. The number of rotatable bonds is 1. The van der Waals surface area contributed by atoms with E-state index < -0.39 is 0 Å². The first kappa shape index (κ1) is 6.39. The molecule has 0 amide bonds. The predicted octanol–water partition coefficient (Wildman–Crippen LogP) is 0.316. The number of ether oxygens (including phenoxy) is 1. The molecule has 1 N–H and O–H groups in total. The zero-order valence-electron chi connectivity index (χ0n) is 4.67. The van der Waals surface area contributed by atoms with Crippen LogP contribution in [-0.2, 0) is 4.74 Å². The van der Waals surface area contributed by atoms with Crippen molar-refractivity contribution in [2.75, 3.05) is 24.9 Å². The van der Waals surface area contributed by atoms with Crippen LogP contribution in [0.15, 0.2) is 0 Å². The Morgan fingerprint density at radius 3 is 3.00 bits per heavy atom. The summed E-state index contributed by atoms with van der Waals surface area (Å²) in [5, 5.41) is 8.60. The van der Waals surface area contributed by atoms with Gasteiger partial charge in [-0.1, -0.05) is 0 Å². The van der Waals surface area contributed by atoms with Gasteiger partial charge in [0.25, 0.3) is 0 Å². The van der Waals surface area contributed by atoms with Gasteiger partial charge in [0, 0.05) is 18.3 Å². The van der Waals surface area contributed by atoms with Crippen LogP contribution in [0.3, 0.4) is 0 Å². The highest BCUT2D eigenvalue weighted by Crippen LogP contribution is 2.14. The smallest absolute Gasteiger partial charge is 0.0921 e. The van der Waals surface area contributed by atoms with Crippen LogP contribution in [0.25, 0.3) is 0 Å². The van der Waals surface area contributed by atoms with Crippen LogP contribution in [0.2, 0.25) is 0 Å². The van der Waals surface area contributed by atoms with E-state index in [2.05, 4.69) is 0 Å². The second-order valence-corrected chi connectivity index (χ2v) is 2.89. The van der Waals surface area contributed by atoms with Crippen LogP contribution < -0.4 is 0 Å². The highest BCUT2D eigenvalue weighted by atomic mass is 32.2. The lowest BCUT2D eigenvalue weighted by atomic mass is 10.2. The maximum Gasteiger partial charge on any atom is 0.0921 e. The van der Waals surface area contributed by atoms with E-state index in [4.69, 9.17) is 9.84 Å². The van der Waals surface area contributed by atoms with Crippen molar-refractivity contribution in [3.63, 3.8) is 0 Å². The Balaban J connectivity index is 2.13. The zero-order valence-corrected chi connectivity index (χ0v) is 5.49. The molecular formula is C5H10O2S. The average Bonchev–Trinajstić information content (AvgIpc) is 1.90. The monoisotopic (exact) mass is 134 g/mol. The molecule has 1 heterocycles.